The molecule has 0 spiro atoms. The van der Waals surface area contributed by atoms with Crippen molar-refractivity contribution in [2.75, 3.05) is 11.9 Å². The molecule has 0 aromatic carbocycles. The number of carboxylic acids is 1. The van der Waals surface area contributed by atoms with Crippen LogP contribution in [0.25, 0.3) is 0 Å². The Morgan fingerprint density at radius 2 is 2.44 bits per heavy atom. The highest BCUT2D eigenvalue weighted by molar-refractivity contribution is 5.68. The van der Waals surface area contributed by atoms with Crippen LogP contribution in [0.3, 0.4) is 0 Å². The molecule has 0 radical (unpaired) electrons. The molecule has 0 aliphatic heterocycles. The Kier molecular flexibility index (Phi) is 3.96. The Morgan fingerprint density at radius 3 is 3.06 bits per heavy atom. The fraction of sp³-hybridized carbons (Fsp3) is 0.583. The first kappa shape index (κ1) is 12.6. The van der Waals surface area contributed by atoms with Gasteiger partial charge in [-0.15, -0.1) is 0 Å². The van der Waals surface area contributed by atoms with Crippen LogP contribution in [0.1, 0.15) is 26.2 Å². The predicted octanol–water partition coefficient (Wildman–Crippen LogP) is 1.54. The molecule has 0 bridgehead atoms. The number of carboxylic acid groups (broad SMARTS) is 1. The van der Waals surface area contributed by atoms with Gasteiger partial charge in [0.1, 0.15) is 0 Å². The molecule has 1 aliphatic rings. The molecule has 1 aliphatic carbocycles. The number of ether oxygens (including phenoxy) is 1. The second-order valence-corrected chi connectivity index (χ2v) is 4.34. The number of rotatable bonds is 7. The third-order valence-electron chi connectivity index (χ3n) is 2.82. The van der Waals surface area contributed by atoms with Crippen LogP contribution in [0, 0.1) is 5.92 Å². The number of nitrogens with zero attached hydrogens (tertiary/aromatic N) is 2. The molecule has 6 heteroatoms. The maximum atomic E-state index is 10.8. The average molecular weight is 251 g/mol. The average Bonchev–Trinajstić information content (AvgIpc) is 3.12. The molecule has 0 amide bonds. The first-order valence-electron chi connectivity index (χ1n) is 6.13. The first-order chi connectivity index (χ1) is 8.69. The van der Waals surface area contributed by atoms with Crippen molar-refractivity contribution in [2.45, 2.75) is 32.2 Å². The molecule has 2 N–H and O–H groups in total. The summed E-state index contributed by atoms with van der Waals surface area (Å²) in [5, 5.41) is 12.0. The van der Waals surface area contributed by atoms with Crippen molar-refractivity contribution in [3.8, 4) is 5.88 Å². The fourth-order valence-corrected chi connectivity index (χ4v) is 1.83. The lowest BCUT2D eigenvalue weighted by molar-refractivity contribution is -0.137. The van der Waals surface area contributed by atoms with E-state index in [9.17, 15) is 4.79 Å². The Balaban J connectivity index is 2.01. The van der Waals surface area contributed by atoms with E-state index in [1.807, 2.05) is 6.92 Å². The van der Waals surface area contributed by atoms with Gasteiger partial charge in [-0.25, -0.2) is 4.98 Å². The highest BCUT2D eigenvalue weighted by Gasteiger charge is 2.33. The molecule has 1 atom stereocenters. The molecule has 6 nitrogen and oxygen atoms in total. The largest absolute Gasteiger partial charge is 0.481 e. The Hall–Kier alpha value is -1.85. The van der Waals surface area contributed by atoms with E-state index in [4.69, 9.17) is 9.84 Å². The number of aromatic nitrogens is 2. The molecule has 1 fully saturated rings. The lowest BCUT2D eigenvalue weighted by Crippen LogP contribution is -2.26. The monoisotopic (exact) mass is 251 g/mol. The van der Waals surface area contributed by atoms with E-state index in [0.717, 1.165) is 12.8 Å². The SMILES string of the molecule is CCOc1ccnc(NC(CC(=O)O)C2CC2)n1. The number of carbonyl (C=O) groups is 1. The summed E-state index contributed by atoms with van der Waals surface area (Å²) in [6, 6.07) is 1.58. The van der Waals surface area contributed by atoms with Crippen LogP contribution in [-0.4, -0.2) is 33.7 Å². The maximum absolute atomic E-state index is 10.8. The standard InChI is InChI=1S/C12H17N3O3/c1-2-18-10-5-6-13-12(15-10)14-9(7-11(16)17)8-3-4-8/h5-6,8-9H,2-4,7H2,1H3,(H,16,17)(H,13,14,15). The lowest BCUT2D eigenvalue weighted by Gasteiger charge is -2.16. The zero-order valence-electron chi connectivity index (χ0n) is 10.3. The normalized spacial score (nSPS) is 16.1. The zero-order chi connectivity index (χ0) is 13.0. The van der Waals surface area contributed by atoms with Gasteiger partial charge in [-0.3, -0.25) is 4.79 Å². The van der Waals surface area contributed by atoms with Crippen LogP contribution in [0.5, 0.6) is 5.88 Å². The van der Waals surface area contributed by atoms with Crippen molar-refractivity contribution in [3.05, 3.63) is 12.3 Å². The Labute approximate surface area is 105 Å². The maximum Gasteiger partial charge on any atom is 0.305 e. The minimum atomic E-state index is -0.805. The van der Waals surface area contributed by atoms with E-state index < -0.39 is 5.97 Å². The van der Waals surface area contributed by atoms with Crippen molar-refractivity contribution in [3.63, 3.8) is 0 Å². The van der Waals surface area contributed by atoms with E-state index in [1.165, 1.54) is 0 Å². The van der Waals surface area contributed by atoms with Gasteiger partial charge in [-0.2, -0.15) is 4.98 Å². The third-order valence-corrected chi connectivity index (χ3v) is 2.82. The fourth-order valence-electron chi connectivity index (χ4n) is 1.83. The van der Waals surface area contributed by atoms with Crippen LogP contribution < -0.4 is 10.1 Å². The summed E-state index contributed by atoms with van der Waals surface area (Å²) in [5.74, 6) is 0.541. The van der Waals surface area contributed by atoms with Gasteiger partial charge in [-0.1, -0.05) is 0 Å². The molecule has 1 aromatic rings. The smallest absolute Gasteiger partial charge is 0.305 e. The van der Waals surface area contributed by atoms with Gasteiger partial charge >= 0.3 is 5.97 Å². The molecule has 98 valence electrons. The number of hydrogen-bond donors (Lipinski definition) is 2. The predicted molar refractivity (Wildman–Crippen MR) is 65.6 cm³/mol. The van der Waals surface area contributed by atoms with Crippen LogP contribution in [0.4, 0.5) is 5.95 Å². The molecular weight excluding hydrogens is 234 g/mol. The summed E-state index contributed by atoms with van der Waals surface area (Å²) in [6.07, 6.45) is 3.82. The summed E-state index contributed by atoms with van der Waals surface area (Å²) in [6.45, 7) is 2.42. The minimum absolute atomic E-state index is 0.0902. The van der Waals surface area contributed by atoms with Gasteiger partial charge in [0, 0.05) is 18.3 Å². The van der Waals surface area contributed by atoms with Crippen molar-refractivity contribution >= 4 is 11.9 Å². The summed E-state index contributed by atoms with van der Waals surface area (Å²) in [5.41, 5.74) is 0. The van der Waals surface area contributed by atoms with Crippen LogP contribution in [-0.2, 0) is 4.79 Å². The minimum Gasteiger partial charge on any atom is -0.481 e. The van der Waals surface area contributed by atoms with Crippen molar-refractivity contribution in [2.24, 2.45) is 5.92 Å². The first-order valence-corrected chi connectivity index (χ1v) is 6.13. The molecule has 18 heavy (non-hydrogen) atoms. The summed E-state index contributed by atoms with van der Waals surface area (Å²) in [7, 11) is 0. The third kappa shape index (κ3) is 3.58. The summed E-state index contributed by atoms with van der Waals surface area (Å²) in [4.78, 5) is 19.1. The number of aliphatic carboxylic acids is 1. The van der Waals surface area contributed by atoms with Crippen molar-refractivity contribution < 1.29 is 14.6 Å². The van der Waals surface area contributed by atoms with Crippen LogP contribution in [0.2, 0.25) is 0 Å². The molecular formula is C12H17N3O3. The Bertz CT molecular complexity index is 421. The topological polar surface area (TPSA) is 84.3 Å². The van der Waals surface area contributed by atoms with Crippen LogP contribution >= 0.6 is 0 Å². The quantitative estimate of drug-likeness (QED) is 0.764. The second-order valence-electron chi connectivity index (χ2n) is 4.34. The zero-order valence-corrected chi connectivity index (χ0v) is 10.3. The molecule has 1 aromatic heterocycles. The number of hydrogen-bond acceptors (Lipinski definition) is 5. The van der Waals surface area contributed by atoms with Crippen molar-refractivity contribution in [1.82, 2.24) is 9.97 Å². The highest BCUT2D eigenvalue weighted by Crippen LogP contribution is 2.35. The number of nitrogens with one attached hydrogen (secondary N) is 1. The van der Waals surface area contributed by atoms with E-state index in [2.05, 4.69) is 15.3 Å². The molecule has 0 saturated heterocycles. The molecule has 1 heterocycles. The van der Waals surface area contributed by atoms with Gasteiger partial charge in [0.25, 0.3) is 0 Å². The van der Waals surface area contributed by atoms with Gasteiger partial charge < -0.3 is 15.2 Å². The van der Waals surface area contributed by atoms with E-state index in [0.29, 0.717) is 24.4 Å². The Morgan fingerprint density at radius 1 is 1.67 bits per heavy atom. The van der Waals surface area contributed by atoms with Crippen molar-refractivity contribution in [1.29, 1.82) is 0 Å². The highest BCUT2D eigenvalue weighted by atomic mass is 16.5. The van der Waals surface area contributed by atoms with Crippen LogP contribution in [0.15, 0.2) is 12.3 Å². The van der Waals surface area contributed by atoms with Gasteiger partial charge in [0.05, 0.1) is 13.0 Å². The summed E-state index contributed by atoms with van der Waals surface area (Å²) >= 11 is 0. The molecule has 1 unspecified atom stereocenters. The van der Waals surface area contributed by atoms with E-state index in [1.54, 1.807) is 12.3 Å². The summed E-state index contributed by atoms with van der Waals surface area (Å²) < 4.78 is 5.28. The molecule has 1 saturated carbocycles. The van der Waals surface area contributed by atoms with E-state index in [-0.39, 0.29) is 12.5 Å². The van der Waals surface area contributed by atoms with Gasteiger partial charge in [0.2, 0.25) is 11.8 Å². The van der Waals surface area contributed by atoms with Gasteiger partial charge in [-0.05, 0) is 25.7 Å². The molecule has 2 rings (SSSR count). The van der Waals surface area contributed by atoms with Gasteiger partial charge in [0.15, 0.2) is 0 Å². The van der Waals surface area contributed by atoms with E-state index >= 15 is 0 Å². The second kappa shape index (κ2) is 5.66. The lowest BCUT2D eigenvalue weighted by atomic mass is 10.1. The number of anilines is 1.